The molecule has 0 saturated heterocycles. The van der Waals surface area contributed by atoms with Crippen LogP contribution in [0.5, 0.6) is 0 Å². The van der Waals surface area contributed by atoms with Crippen molar-refractivity contribution in [3.8, 4) is 0 Å². The highest BCUT2D eigenvalue weighted by Crippen LogP contribution is 2.10. The lowest BCUT2D eigenvalue weighted by Crippen LogP contribution is -2.49. The highest BCUT2D eigenvalue weighted by molar-refractivity contribution is 7.78. The van der Waals surface area contributed by atoms with E-state index in [0.29, 0.717) is 13.0 Å². The Morgan fingerprint density at radius 1 is 1.28 bits per heavy atom. The number of rotatable bonds is 10. The number of nitrogens with zero attached hydrogens (tertiary/aromatic N) is 2. The topological polar surface area (TPSA) is 38.7 Å². The van der Waals surface area contributed by atoms with Gasteiger partial charge in [0.15, 0.2) is 0 Å². The maximum Gasteiger partial charge on any atom is 0.311 e. The minimum absolute atomic E-state index is 0.0983. The fraction of sp³-hybridized carbons (Fsp3) is 0.846. The standard InChI is InChI=1S/C13H25N2O2S/c1-4-15(5-2,10-7-9-14-12-18)11-8-13(16)17-6-3/h4-11H2,1-3H3/q+1. The monoisotopic (exact) mass is 273 g/mol. The van der Waals surface area contributed by atoms with Crippen LogP contribution in [0.1, 0.15) is 33.6 Å². The van der Waals surface area contributed by atoms with E-state index in [4.69, 9.17) is 4.74 Å². The van der Waals surface area contributed by atoms with Crippen molar-refractivity contribution in [1.29, 1.82) is 0 Å². The predicted molar refractivity (Wildman–Crippen MR) is 76.8 cm³/mol. The molecule has 0 saturated carbocycles. The molecule has 0 aliphatic rings. The molecule has 104 valence electrons. The van der Waals surface area contributed by atoms with Crippen molar-refractivity contribution in [2.24, 2.45) is 4.99 Å². The van der Waals surface area contributed by atoms with Crippen molar-refractivity contribution in [2.45, 2.75) is 33.6 Å². The Kier molecular flexibility index (Phi) is 9.74. The van der Waals surface area contributed by atoms with Crippen LogP contribution >= 0.6 is 12.2 Å². The molecule has 0 aromatic rings. The van der Waals surface area contributed by atoms with Crippen LogP contribution in [0.4, 0.5) is 0 Å². The third-order valence-electron chi connectivity index (χ3n) is 3.40. The molecule has 0 rings (SSSR count). The Morgan fingerprint density at radius 3 is 2.44 bits per heavy atom. The van der Waals surface area contributed by atoms with E-state index < -0.39 is 0 Å². The van der Waals surface area contributed by atoms with Gasteiger partial charge in [0.2, 0.25) is 0 Å². The molecular formula is C13H25N2O2S+. The number of carbonyl (C=O) groups is 1. The van der Waals surface area contributed by atoms with E-state index in [0.717, 1.165) is 43.6 Å². The molecule has 0 radical (unpaired) electrons. The molecule has 0 spiro atoms. The third-order valence-corrected chi connectivity index (χ3v) is 3.53. The maximum absolute atomic E-state index is 11.4. The fourth-order valence-electron chi connectivity index (χ4n) is 2.06. The van der Waals surface area contributed by atoms with Gasteiger partial charge in [-0.05, 0) is 33.0 Å². The van der Waals surface area contributed by atoms with Gasteiger partial charge in [-0.15, -0.1) is 0 Å². The molecular weight excluding hydrogens is 248 g/mol. The van der Waals surface area contributed by atoms with Crippen LogP contribution < -0.4 is 0 Å². The molecule has 0 aromatic carbocycles. The Morgan fingerprint density at radius 2 is 1.94 bits per heavy atom. The van der Waals surface area contributed by atoms with E-state index in [1.54, 1.807) is 0 Å². The molecule has 0 aromatic heterocycles. The Bertz CT molecular complexity index is 285. The third kappa shape index (κ3) is 6.84. The van der Waals surface area contributed by atoms with Gasteiger partial charge in [-0.25, -0.2) is 4.99 Å². The van der Waals surface area contributed by atoms with Gasteiger partial charge < -0.3 is 9.22 Å². The zero-order valence-corrected chi connectivity index (χ0v) is 12.6. The number of isothiocyanates is 1. The van der Waals surface area contributed by atoms with Crippen LogP contribution in [-0.4, -0.2) is 54.9 Å². The number of thiocarbonyl (C=S) groups is 1. The number of ether oxygens (including phenoxy) is 1. The van der Waals surface area contributed by atoms with Crippen LogP contribution in [0.2, 0.25) is 0 Å². The minimum Gasteiger partial charge on any atom is -0.466 e. The van der Waals surface area contributed by atoms with Gasteiger partial charge in [0.1, 0.15) is 0 Å². The van der Waals surface area contributed by atoms with Crippen LogP contribution in [0.3, 0.4) is 0 Å². The zero-order valence-electron chi connectivity index (χ0n) is 11.8. The second kappa shape index (κ2) is 10.2. The first-order valence-electron chi connectivity index (χ1n) is 6.68. The Hall–Kier alpha value is -0.770. The average Bonchev–Trinajstić information content (AvgIpc) is 2.39. The first kappa shape index (κ1) is 17.2. The molecule has 0 heterocycles. The largest absolute Gasteiger partial charge is 0.466 e. The van der Waals surface area contributed by atoms with E-state index in [1.165, 1.54) is 0 Å². The molecule has 0 fully saturated rings. The highest BCUT2D eigenvalue weighted by Gasteiger charge is 2.23. The lowest BCUT2D eigenvalue weighted by atomic mass is 10.2. The Balaban J connectivity index is 4.23. The van der Waals surface area contributed by atoms with E-state index in [2.05, 4.69) is 36.2 Å². The second-order valence-electron chi connectivity index (χ2n) is 4.30. The summed E-state index contributed by atoms with van der Waals surface area (Å²) in [6.45, 7) is 11.3. The van der Waals surface area contributed by atoms with Gasteiger partial charge in [-0.2, -0.15) is 0 Å². The second-order valence-corrected chi connectivity index (χ2v) is 4.49. The van der Waals surface area contributed by atoms with Crippen molar-refractivity contribution in [2.75, 3.05) is 39.3 Å². The maximum atomic E-state index is 11.4. The summed E-state index contributed by atoms with van der Waals surface area (Å²) < 4.78 is 5.91. The number of carbonyl (C=O) groups excluding carboxylic acids is 1. The lowest BCUT2D eigenvalue weighted by Gasteiger charge is -2.36. The number of quaternary nitrogens is 1. The van der Waals surface area contributed by atoms with Gasteiger partial charge >= 0.3 is 5.97 Å². The summed E-state index contributed by atoms with van der Waals surface area (Å²) in [5.41, 5.74) is 0. The minimum atomic E-state index is -0.0983. The smallest absolute Gasteiger partial charge is 0.311 e. The number of esters is 1. The van der Waals surface area contributed by atoms with Crippen LogP contribution in [0.25, 0.3) is 0 Å². The highest BCUT2D eigenvalue weighted by atomic mass is 32.1. The molecule has 0 aliphatic carbocycles. The summed E-state index contributed by atoms with van der Waals surface area (Å²) in [6.07, 6.45) is 1.47. The van der Waals surface area contributed by atoms with Crippen molar-refractivity contribution in [3.63, 3.8) is 0 Å². The Labute approximate surface area is 116 Å². The van der Waals surface area contributed by atoms with Crippen molar-refractivity contribution in [1.82, 2.24) is 0 Å². The molecule has 0 unspecified atom stereocenters. The van der Waals surface area contributed by atoms with Crippen LogP contribution in [0, 0.1) is 0 Å². The molecule has 0 N–H and O–H groups in total. The summed E-state index contributed by atoms with van der Waals surface area (Å²) in [7, 11) is 0. The van der Waals surface area contributed by atoms with Crippen LogP contribution in [0.15, 0.2) is 4.99 Å². The fourth-order valence-corrected chi connectivity index (χ4v) is 2.15. The van der Waals surface area contributed by atoms with Crippen molar-refractivity contribution < 1.29 is 14.0 Å². The van der Waals surface area contributed by atoms with Gasteiger partial charge in [-0.3, -0.25) is 4.79 Å². The summed E-state index contributed by atoms with van der Waals surface area (Å²) in [4.78, 5) is 15.4. The van der Waals surface area contributed by atoms with Gasteiger partial charge in [0.25, 0.3) is 0 Å². The van der Waals surface area contributed by atoms with Gasteiger partial charge in [0.05, 0.1) is 50.9 Å². The van der Waals surface area contributed by atoms with Crippen molar-refractivity contribution in [3.05, 3.63) is 0 Å². The quantitative estimate of drug-likeness (QED) is 0.201. The summed E-state index contributed by atoms with van der Waals surface area (Å²) >= 11 is 4.55. The molecule has 0 bridgehead atoms. The summed E-state index contributed by atoms with van der Waals surface area (Å²) in [6, 6.07) is 0. The number of hydrogen-bond acceptors (Lipinski definition) is 4. The molecule has 0 aliphatic heterocycles. The molecule has 18 heavy (non-hydrogen) atoms. The summed E-state index contributed by atoms with van der Waals surface area (Å²) in [5.74, 6) is -0.0983. The molecule has 4 nitrogen and oxygen atoms in total. The first-order valence-corrected chi connectivity index (χ1v) is 7.09. The predicted octanol–water partition coefficient (Wildman–Crippen LogP) is 2.29. The van der Waals surface area contributed by atoms with E-state index in [1.807, 2.05) is 6.92 Å². The molecule has 0 amide bonds. The van der Waals surface area contributed by atoms with Gasteiger partial charge in [-0.1, -0.05) is 0 Å². The van der Waals surface area contributed by atoms with Gasteiger partial charge in [0, 0.05) is 6.42 Å². The van der Waals surface area contributed by atoms with E-state index >= 15 is 0 Å². The van der Waals surface area contributed by atoms with Crippen molar-refractivity contribution >= 4 is 23.3 Å². The molecule has 0 atom stereocenters. The SMILES string of the molecule is CCOC(=O)CC[N+](CC)(CC)CCCN=C=S. The molecule has 5 heteroatoms. The van der Waals surface area contributed by atoms with E-state index in [-0.39, 0.29) is 5.97 Å². The van der Waals surface area contributed by atoms with Crippen LogP contribution in [-0.2, 0) is 9.53 Å². The zero-order chi connectivity index (χ0) is 13.9. The number of hydrogen-bond donors (Lipinski definition) is 0. The first-order chi connectivity index (χ1) is 8.64. The normalized spacial score (nSPS) is 10.8. The summed E-state index contributed by atoms with van der Waals surface area (Å²) in [5, 5.41) is 2.38. The average molecular weight is 273 g/mol. The number of aliphatic imine (C=N–C) groups is 1. The lowest BCUT2D eigenvalue weighted by molar-refractivity contribution is -0.924. The van der Waals surface area contributed by atoms with E-state index in [9.17, 15) is 4.79 Å².